The van der Waals surface area contributed by atoms with Crippen molar-refractivity contribution >= 4 is 44.6 Å². The quantitative estimate of drug-likeness (QED) is 0.483. The van der Waals surface area contributed by atoms with Gasteiger partial charge < -0.3 is 4.90 Å². The molecule has 1 amide bonds. The van der Waals surface area contributed by atoms with Crippen LogP contribution in [0.4, 0.5) is 5.69 Å². The summed E-state index contributed by atoms with van der Waals surface area (Å²) in [5.74, 6) is -0.185. The van der Waals surface area contributed by atoms with E-state index in [2.05, 4.69) is 4.98 Å². The number of rotatable bonds is 6. The number of carbonyl (C=O) groups is 1. The second-order valence-electron chi connectivity index (χ2n) is 7.49. The van der Waals surface area contributed by atoms with Gasteiger partial charge in [-0.1, -0.05) is 37.6 Å². The summed E-state index contributed by atoms with van der Waals surface area (Å²) in [5, 5.41) is 3.10. The molecule has 2 heterocycles. The van der Waals surface area contributed by atoms with E-state index < -0.39 is 10.0 Å². The van der Waals surface area contributed by atoms with E-state index in [0.717, 1.165) is 34.7 Å². The molecule has 1 aromatic heterocycles. The molecular formula is C23H24ClN3O3S2. The van der Waals surface area contributed by atoms with Crippen LogP contribution in [0.5, 0.6) is 0 Å². The summed E-state index contributed by atoms with van der Waals surface area (Å²) in [6.45, 7) is 5.05. The topological polar surface area (TPSA) is 70.6 Å². The third-order valence-electron chi connectivity index (χ3n) is 5.55. The van der Waals surface area contributed by atoms with E-state index in [9.17, 15) is 13.2 Å². The van der Waals surface area contributed by atoms with Crippen molar-refractivity contribution in [1.29, 1.82) is 0 Å². The number of aryl methyl sites for hydroxylation is 1. The van der Waals surface area contributed by atoms with Gasteiger partial charge in [-0.25, -0.2) is 13.4 Å². The summed E-state index contributed by atoms with van der Waals surface area (Å²) in [6.07, 6.45) is 1.49. The smallest absolute Gasteiger partial charge is 0.277 e. The number of fused-ring (bicyclic) bond motifs is 1. The molecule has 4 rings (SSSR count). The minimum Gasteiger partial charge on any atom is -0.307 e. The van der Waals surface area contributed by atoms with Crippen molar-refractivity contribution in [3.63, 3.8) is 0 Å². The Balaban J connectivity index is 1.63. The molecule has 0 aliphatic carbocycles. The molecule has 0 saturated heterocycles. The number of carbonyl (C=O) groups excluding carboxylic acids is 1. The first-order valence-corrected chi connectivity index (χ1v) is 13.2. The summed E-state index contributed by atoms with van der Waals surface area (Å²) >= 11 is 7.48. The van der Waals surface area contributed by atoms with Crippen LogP contribution in [-0.4, -0.2) is 43.2 Å². The number of nitrogens with zero attached hydrogens (tertiary/aromatic N) is 3. The standard InChI is InChI=1S/C23H24ClN3O3S2/c1-3-26(4-2)32(29,30)19-10-11-21-16(14-19)8-6-12-27(21)23(28)20-15-31-22(25-20)17-7-5-9-18(24)13-17/h5,7,9-11,13-15H,3-4,6,8,12H2,1-2H3. The normalized spacial score (nSPS) is 13.9. The third kappa shape index (κ3) is 4.32. The van der Waals surface area contributed by atoms with Crippen molar-refractivity contribution in [3.8, 4) is 10.6 Å². The molecule has 0 unspecified atom stereocenters. The average molecular weight is 490 g/mol. The number of thiazole rings is 1. The SMILES string of the molecule is CCN(CC)S(=O)(=O)c1ccc2c(c1)CCCN2C(=O)c1csc(-c2cccc(Cl)c2)n1. The van der Waals surface area contributed by atoms with Gasteiger partial charge in [-0.3, -0.25) is 4.79 Å². The predicted octanol–water partition coefficient (Wildman–Crippen LogP) is 5.09. The van der Waals surface area contributed by atoms with Crippen LogP contribution in [0.1, 0.15) is 36.3 Å². The fourth-order valence-corrected chi connectivity index (χ4v) is 6.41. The zero-order chi connectivity index (χ0) is 22.9. The number of sulfonamides is 1. The lowest BCUT2D eigenvalue weighted by atomic mass is 10.0. The summed E-state index contributed by atoms with van der Waals surface area (Å²) in [7, 11) is -3.55. The Hall–Kier alpha value is -2.26. The minimum atomic E-state index is -3.55. The number of halogens is 1. The molecule has 0 atom stereocenters. The fraction of sp³-hybridized carbons (Fsp3) is 0.304. The molecule has 0 fully saturated rings. The van der Waals surface area contributed by atoms with Gasteiger partial charge in [-0.05, 0) is 48.7 Å². The molecule has 2 aromatic carbocycles. The summed E-state index contributed by atoms with van der Waals surface area (Å²) in [4.78, 5) is 19.8. The van der Waals surface area contributed by atoms with Crippen LogP contribution >= 0.6 is 22.9 Å². The molecule has 1 aliphatic rings. The number of aromatic nitrogens is 1. The van der Waals surface area contributed by atoms with Crippen LogP contribution in [-0.2, 0) is 16.4 Å². The van der Waals surface area contributed by atoms with Crippen molar-refractivity contribution in [2.45, 2.75) is 31.6 Å². The van der Waals surface area contributed by atoms with E-state index in [1.165, 1.54) is 15.6 Å². The molecule has 168 valence electrons. The largest absolute Gasteiger partial charge is 0.307 e. The average Bonchev–Trinajstić information content (AvgIpc) is 3.29. The van der Waals surface area contributed by atoms with Gasteiger partial charge in [0.2, 0.25) is 10.0 Å². The Morgan fingerprint density at radius 3 is 2.69 bits per heavy atom. The molecule has 3 aromatic rings. The van der Waals surface area contributed by atoms with Crippen LogP contribution in [0.3, 0.4) is 0 Å². The Labute approximate surface area is 197 Å². The van der Waals surface area contributed by atoms with Crippen LogP contribution in [0, 0.1) is 0 Å². The van der Waals surface area contributed by atoms with Crippen LogP contribution in [0.2, 0.25) is 5.02 Å². The lowest BCUT2D eigenvalue weighted by molar-refractivity contribution is 0.0981. The predicted molar refractivity (Wildman–Crippen MR) is 129 cm³/mol. The lowest BCUT2D eigenvalue weighted by Crippen LogP contribution is -2.36. The lowest BCUT2D eigenvalue weighted by Gasteiger charge is -2.29. The van der Waals surface area contributed by atoms with Crippen molar-refractivity contribution in [1.82, 2.24) is 9.29 Å². The first-order chi connectivity index (χ1) is 15.3. The number of amides is 1. The number of hydrogen-bond donors (Lipinski definition) is 0. The van der Waals surface area contributed by atoms with Crippen molar-refractivity contribution < 1.29 is 13.2 Å². The molecule has 0 radical (unpaired) electrons. The van der Waals surface area contributed by atoms with Crippen molar-refractivity contribution in [3.05, 3.63) is 64.1 Å². The molecule has 1 aliphatic heterocycles. The highest BCUT2D eigenvalue weighted by atomic mass is 35.5. The van der Waals surface area contributed by atoms with E-state index in [4.69, 9.17) is 11.6 Å². The van der Waals surface area contributed by atoms with Crippen LogP contribution < -0.4 is 4.90 Å². The number of benzene rings is 2. The van der Waals surface area contributed by atoms with Gasteiger partial charge in [0, 0.05) is 41.3 Å². The minimum absolute atomic E-state index is 0.185. The van der Waals surface area contributed by atoms with E-state index in [0.29, 0.717) is 30.4 Å². The molecule has 0 spiro atoms. The van der Waals surface area contributed by atoms with E-state index in [1.54, 1.807) is 34.5 Å². The van der Waals surface area contributed by atoms with Gasteiger partial charge in [0.25, 0.3) is 5.91 Å². The van der Waals surface area contributed by atoms with Gasteiger partial charge >= 0.3 is 0 Å². The summed E-state index contributed by atoms with van der Waals surface area (Å²) in [5.41, 5.74) is 2.85. The molecule has 6 nitrogen and oxygen atoms in total. The Kier molecular flexibility index (Phi) is 6.67. The Morgan fingerprint density at radius 2 is 1.97 bits per heavy atom. The second-order valence-corrected chi connectivity index (χ2v) is 10.7. The molecule has 0 saturated carbocycles. The van der Waals surface area contributed by atoms with E-state index >= 15 is 0 Å². The maximum absolute atomic E-state index is 13.3. The van der Waals surface area contributed by atoms with Gasteiger partial charge in [0.1, 0.15) is 10.7 Å². The van der Waals surface area contributed by atoms with Crippen LogP contribution in [0.25, 0.3) is 10.6 Å². The number of anilines is 1. The third-order valence-corrected chi connectivity index (χ3v) is 8.73. The molecule has 32 heavy (non-hydrogen) atoms. The van der Waals surface area contributed by atoms with E-state index in [1.807, 2.05) is 32.0 Å². The maximum atomic E-state index is 13.3. The molecule has 0 bridgehead atoms. The highest BCUT2D eigenvalue weighted by Crippen LogP contribution is 2.33. The molecular weight excluding hydrogens is 466 g/mol. The highest BCUT2D eigenvalue weighted by Gasteiger charge is 2.28. The highest BCUT2D eigenvalue weighted by molar-refractivity contribution is 7.89. The second kappa shape index (κ2) is 9.31. The maximum Gasteiger partial charge on any atom is 0.277 e. The molecule has 9 heteroatoms. The van der Waals surface area contributed by atoms with Crippen molar-refractivity contribution in [2.24, 2.45) is 0 Å². The van der Waals surface area contributed by atoms with Gasteiger partial charge in [-0.15, -0.1) is 11.3 Å². The summed E-state index contributed by atoms with van der Waals surface area (Å²) in [6, 6.07) is 12.4. The fourth-order valence-electron chi connectivity index (χ4n) is 3.92. The van der Waals surface area contributed by atoms with E-state index in [-0.39, 0.29) is 10.8 Å². The zero-order valence-electron chi connectivity index (χ0n) is 17.9. The van der Waals surface area contributed by atoms with Gasteiger partial charge in [0.15, 0.2) is 0 Å². The van der Waals surface area contributed by atoms with Gasteiger partial charge in [0.05, 0.1) is 4.90 Å². The van der Waals surface area contributed by atoms with Gasteiger partial charge in [-0.2, -0.15) is 4.31 Å². The molecule has 0 N–H and O–H groups in total. The number of hydrogen-bond acceptors (Lipinski definition) is 5. The van der Waals surface area contributed by atoms with Crippen molar-refractivity contribution in [2.75, 3.05) is 24.5 Å². The van der Waals surface area contributed by atoms with Crippen LogP contribution in [0.15, 0.2) is 52.7 Å². The monoisotopic (exact) mass is 489 g/mol. The Morgan fingerprint density at radius 1 is 1.19 bits per heavy atom. The Bertz CT molecular complexity index is 1250. The summed E-state index contributed by atoms with van der Waals surface area (Å²) < 4.78 is 27.2. The first-order valence-electron chi connectivity index (χ1n) is 10.5. The zero-order valence-corrected chi connectivity index (χ0v) is 20.3. The first kappa shape index (κ1) is 22.9.